The van der Waals surface area contributed by atoms with Gasteiger partial charge in [-0.05, 0) is 56.0 Å². The number of benzene rings is 2. The lowest BCUT2D eigenvalue weighted by Gasteiger charge is -2.26. The summed E-state index contributed by atoms with van der Waals surface area (Å²) in [5.41, 5.74) is 2.52. The number of anilines is 1. The molecule has 7 heteroatoms. The van der Waals surface area contributed by atoms with Gasteiger partial charge in [-0.3, -0.25) is 4.79 Å². The number of amides is 1. The standard InChI is InChI=1S/C21H26N2O3S2/c1-16-10-11-18(28(25,26)23-12-6-3-7-13-23)14-19(16)22-21(24)15-27-20-9-5-4-8-17(20)2/h4-5,8-11,14H,3,6-7,12-13,15H2,1-2H3,(H,22,24). The summed E-state index contributed by atoms with van der Waals surface area (Å²) in [4.78, 5) is 13.7. The van der Waals surface area contributed by atoms with Crippen LogP contribution in [0.2, 0.25) is 0 Å². The summed E-state index contributed by atoms with van der Waals surface area (Å²) in [6, 6.07) is 12.9. The largest absolute Gasteiger partial charge is 0.325 e. The Kier molecular flexibility index (Phi) is 6.80. The van der Waals surface area contributed by atoms with Gasteiger partial charge in [0.05, 0.1) is 10.6 Å². The predicted octanol–water partition coefficient (Wildman–Crippen LogP) is 4.21. The van der Waals surface area contributed by atoms with Crippen molar-refractivity contribution in [2.24, 2.45) is 0 Å². The van der Waals surface area contributed by atoms with E-state index in [-0.39, 0.29) is 16.6 Å². The molecule has 150 valence electrons. The highest BCUT2D eigenvalue weighted by Crippen LogP contribution is 2.26. The van der Waals surface area contributed by atoms with Gasteiger partial charge in [-0.15, -0.1) is 11.8 Å². The van der Waals surface area contributed by atoms with Gasteiger partial charge in [0.2, 0.25) is 15.9 Å². The van der Waals surface area contributed by atoms with Crippen LogP contribution in [-0.2, 0) is 14.8 Å². The molecule has 0 spiro atoms. The lowest BCUT2D eigenvalue weighted by atomic mass is 10.2. The Hall–Kier alpha value is -1.83. The Labute approximate surface area is 171 Å². The van der Waals surface area contributed by atoms with E-state index in [2.05, 4.69) is 5.32 Å². The van der Waals surface area contributed by atoms with E-state index in [1.165, 1.54) is 11.8 Å². The summed E-state index contributed by atoms with van der Waals surface area (Å²) in [5.74, 6) is 0.122. The maximum Gasteiger partial charge on any atom is 0.243 e. The number of rotatable bonds is 6. The van der Waals surface area contributed by atoms with Crippen LogP contribution in [-0.4, -0.2) is 37.5 Å². The average molecular weight is 419 g/mol. The Morgan fingerprint density at radius 3 is 2.46 bits per heavy atom. The van der Waals surface area contributed by atoms with Gasteiger partial charge in [0.15, 0.2) is 0 Å². The van der Waals surface area contributed by atoms with Crippen LogP contribution in [0.4, 0.5) is 5.69 Å². The first-order valence-electron chi connectivity index (χ1n) is 9.47. The van der Waals surface area contributed by atoms with Crippen LogP contribution >= 0.6 is 11.8 Å². The predicted molar refractivity (Wildman–Crippen MR) is 114 cm³/mol. The molecule has 0 aliphatic carbocycles. The molecule has 0 saturated carbocycles. The molecule has 0 atom stereocenters. The fourth-order valence-corrected chi connectivity index (χ4v) is 5.57. The Morgan fingerprint density at radius 1 is 1.04 bits per heavy atom. The van der Waals surface area contributed by atoms with E-state index in [0.29, 0.717) is 18.8 Å². The molecule has 1 N–H and O–H groups in total. The normalized spacial score (nSPS) is 15.4. The molecule has 0 radical (unpaired) electrons. The number of nitrogens with one attached hydrogen (secondary N) is 1. The van der Waals surface area contributed by atoms with Gasteiger partial charge < -0.3 is 5.32 Å². The Morgan fingerprint density at radius 2 is 1.75 bits per heavy atom. The molecule has 1 aliphatic heterocycles. The molecule has 2 aromatic rings. The zero-order valence-electron chi connectivity index (χ0n) is 16.3. The number of carbonyl (C=O) groups is 1. The molecule has 0 bridgehead atoms. The van der Waals surface area contributed by atoms with E-state index < -0.39 is 10.0 Å². The number of hydrogen-bond acceptors (Lipinski definition) is 4. The monoisotopic (exact) mass is 418 g/mol. The molecule has 0 unspecified atom stereocenters. The van der Waals surface area contributed by atoms with Crippen molar-refractivity contribution >= 4 is 33.4 Å². The van der Waals surface area contributed by atoms with E-state index in [1.807, 2.05) is 38.1 Å². The van der Waals surface area contributed by atoms with Crippen LogP contribution in [0.25, 0.3) is 0 Å². The molecule has 1 saturated heterocycles. The van der Waals surface area contributed by atoms with E-state index >= 15 is 0 Å². The van der Waals surface area contributed by atoms with Crippen molar-refractivity contribution in [3.05, 3.63) is 53.6 Å². The Balaban J connectivity index is 1.71. The van der Waals surface area contributed by atoms with E-state index in [0.717, 1.165) is 35.3 Å². The van der Waals surface area contributed by atoms with Crippen molar-refractivity contribution in [3.8, 4) is 0 Å². The smallest absolute Gasteiger partial charge is 0.243 e. The minimum Gasteiger partial charge on any atom is -0.325 e. The number of aryl methyl sites for hydroxylation is 2. The molecule has 5 nitrogen and oxygen atoms in total. The van der Waals surface area contributed by atoms with Crippen LogP contribution in [0.5, 0.6) is 0 Å². The van der Waals surface area contributed by atoms with Gasteiger partial charge >= 0.3 is 0 Å². The lowest BCUT2D eigenvalue weighted by molar-refractivity contribution is -0.113. The van der Waals surface area contributed by atoms with Gasteiger partial charge in [-0.1, -0.05) is 30.7 Å². The summed E-state index contributed by atoms with van der Waals surface area (Å²) < 4.78 is 27.3. The molecular weight excluding hydrogens is 392 g/mol. The molecule has 1 aliphatic rings. The van der Waals surface area contributed by atoms with Crippen LogP contribution in [0.3, 0.4) is 0 Å². The van der Waals surface area contributed by atoms with Gasteiger partial charge in [-0.25, -0.2) is 8.42 Å². The van der Waals surface area contributed by atoms with Crippen molar-refractivity contribution in [3.63, 3.8) is 0 Å². The van der Waals surface area contributed by atoms with E-state index in [1.54, 1.807) is 22.5 Å². The highest BCUT2D eigenvalue weighted by molar-refractivity contribution is 8.00. The molecular formula is C21H26N2O3S2. The molecule has 2 aromatic carbocycles. The number of nitrogens with zero attached hydrogens (tertiary/aromatic N) is 1. The molecule has 1 amide bonds. The molecule has 1 heterocycles. The van der Waals surface area contributed by atoms with E-state index in [4.69, 9.17) is 0 Å². The average Bonchev–Trinajstić information content (AvgIpc) is 2.69. The fourth-order valence-electron chi connectivity index (χ4n) is 3.20. The minimum absolute atomic E-state index is 0.149. The first-order chi connectivity index (χ1) is 13.4. The maximum absolute atomic E-state index is 12.9. The highest BCUT2D eigenvalue weighted by Gasteiger charge is 2.26. The van der Waals surface area contributed by atoms with Crippen LogP contribution < -0.4 is 5.32 Å². The third-order valence-electron chi connectivity index (χ3n) is 4.89. The van der Waals surface area contributed by atoms with Crippen molar-refractivity contribution in [2.75, 3.05) is 24.2 Å². The van der Waals surface area contributed by atoms with Crippen LogP contribution in [0.15, 0.2) is 52.3 Å². The third kappa shape index (κ3) is 4.96. The second-order valence-electron chi connectivity index (χ2n) is 7.04. The zero-order chi connectivity index (χ0) is 20.1. The number of piperidine rings is 1. The third-order valence-corrected chi connectivity index (χ3v) is 7.96. The second kappa shape index (κ2) is 9.11. The molecule has 1 fully saturated rings. The van der Waals surface area contributed by atoms with Gasteiger partial charge in [0.1, 0.15) is 0 Å². The topological polar surface area (TPSA) is 66.5 Å². The number of thioether (sulfide) groups is 1. The SMILES string of the molecule is Cc1ccc(S(=O)(=O)N2CCCCC2)cc1NC(=O)CSc1ccccc1C. The van der Waals surface area contributed by atoms with Gasteiger partial charge in [-0.2, -0.15) is 4.31 Å². The Bertz CT molecular complexity index is 952. The van der Waals surface area contributed by atoms with E-state index in [9.17, 15) is 13.2 Å². The summed E-state index contributed by atoms with van der Waals surface area (Å²) in [6.07, 6.45) is 2.86. The van der Waals surface area contributed by atoms with Crippen molar-refractivity contribution in [1.82, 2.24) is 4.31 Å². The van der Waals surface area contributed by atoms with Crippen molar-refractivity contribution in [1.29, 1.82) is 0 Å². The zero-order valence-corrected chi connectivity index (χ0v) is 17.9. The lowest BCUT2D eigenvalue weighted by Crippen LogP contribution is -2.35. The molecule has 3 rings (SSSR count). The summed E-state index contributed by atoms with van der Waals surface area (Å²) in [6.45, 7) is 5.00. The number of sulfonamides is 1. The summed E-state index contributed by atoms with van der Waals surface area (Å²) >= 11 is 1.47. The van der Waals surface area contributed by atoms with Crippen molar-refractivity contribution in [2.45, 2.75) is 42.9 Å². The fraction of sp³-hybridized carbons (Fsp3) is 0.381. The minimum atomic E-state index is -3.52. The summed E-state index contributed by atoms with van der Waals surface area (Å²) in [7, 11) is -3.52. The molecule has 28 heavy (non-hydrogen) atoms. The van der Waals surface area contributed by atoms with Gasteiger partial charge in [0.25, 0.3) is 0 Å². The maximum atomic E-state index is 12.9. The van der Waals surface area contributed by atoms with Crippen LogP contribution in [0, 0.1) is 13.8 Å². The first-order valence-corrected chi connectivity index (χ1v) is 11.9. The quantitative estimate of drug-likeness (QED) is 0.714. The second-order valence-corrected chi connectivity index (χ2v) is 10.00. The molecule has 0 aromatic heterocycles. The highest BCUT2D eigenvalue weighted by atomic mass is 32.2. The number of hydrogen-bond donors (Lipinski definition) is 1. The van der Waals surface area contributed by atoms with Gasteiger partial charge in [0, 0.05) is 23.7 Å². The first kappa shape index (κ1) is 20.9. The number of carbonyl (C=O) groups excluding carboxylic acids is 1. The van der Waals surface area contributed by atoms with Crippen LogP contribution in [0.1, 0.15) is 30.4 Å². The summed E-state index contributed by atoms with van der Waals surface area (Å²) in [5, 5.41) is 2.87. The van der Waals surface area contributed by atoms with Crippen molar-refractivity contribution < 1.29 is 13.2 Å².